The molecule has 0 aromatic heterocycles. The summed E-state index contributed by atoms with van der Waals surface area (Å²) in [5, 5.41) is 3.18. The Morgan fingerprint density at radius 3 is 2.61 bits per heavy atom. The number of amides is 2. The summed E-state index contributed by atoms with van der Waals surface area (Å²) in [5.74, 6) is 0.517. The Morgan fingerprint density at radius 2 is 2.00 bits per heavy atom. The summed E-state index contributed by atoms with van der Waals surface area (Å²) in [4.78, 5) is 27.6. The minimum Gasteiger partial charge on any atom is -0.481 e. The third-order valence-electron chi connectivity index (χ3n) is 3.79. The summed E-state index contributed by atoms with van der Waals surface area (Å²) in [6, 6.07) is 7.00. The second-order valence-electron chi connectivity index (χ2n) is 5.49. The van der Waals surface area contributed by atoms with E-state index in [1.54, 1.807) is 43.1 Å². The molecule has 1 unspecified atom stereocenters. The van der Waals surface area contributed by atoms with Crippen molar-refractivity contribution in [2.24, 2.45) is 0 Å². The highest BCUT2D eigenvalue weighted by molar-refractivity contribution is 6.30. The number of nitrogens with zero attached hydrogens (tertiary/aromatic N) is 2. The fourth-order valence-corrected chi connectivity index (χ4v) is 2.64. The molecule has 1 atom stereocenters. The number of piperazine rings is 1. The second kappa shape index (κ2) is 8.17. The van der Waals surface area contributed by atoms with E-state index in [4.69, 9.17) is 16.3 Å². The van der Waals surface area contributed by atoms with Gasteiger partial charge in [-0.1, -0.05) is 17.7 Å². The minimum absolute atomic E-state index is 0.0116. The number of carbonyl (C=O) groups is 2. The van der Waals surface area contributed by atoms with Crippen LogP contribution in [-0.2, 0) is 9.59 Å². The van der Waals surface area contributed by atoms with Crippen LogP contribution in [0, 0.1) is 0 Å². The van der Waals surface area contributed by atoms with E-state index in [-0.39, 0.29) is 11.8 Å². The van der Waals surface area contributed by atoms with Crippen molar-refractivity contribution in [2.45, 2.75) is 13.0 Å². The Morgan fingerprint density at radius 1 is 1.30 bits per heavy atom. The predicted octanol–water partition coefficient (Wildman–Crippen LogP) is 0.998. The molecule has 1 aromatic carbocycles. The molecule has 1 aliphatic rings. The summed E-state index contributed by atoms with van der Waals surface area (Å²) >= 11 is 5.91. The Labute approximate surface area is 141 Å². The highest BCUT2D eigenvalue weighted by Gasteiger charge is 2.26. The van der Waals surface area contributed by atoms with E-state index >= 15 is 0 Å². The van der Waals surface area contributed by atoms with E-state index in [0.29, 0.717) is 43.5 Å². The fourth-order valence-electron chi connectivity index (χ4n) is 2.46. The van der Waals surface area contributed by atoms with Crippen molar-refractivity contribution in [3.63, 3.8) is 0 Å². The van der Waals surface area contributed by atoms with Crippen LogP contribution in [0.2, 0.25) is 5.02 Å². The van der Waals surface area contributed by atoms with Crippen LogP contribution in [0.3, 0.4) is 0 Å². The van der Waals surface area contributed by atoms with Gasteiger partial charge in [0.2, 0.25) is 5.91 Å². The van der Waals surface area contributed by atoms with Crippen molar-refractivity contribution < 1.29 is 14.3 Å². The standard InChI is InChI=1S/C16H22ClN3O3/c1-12(23-14-5-3-4-13(17)10-14)16(22)20-8-6-19(7-9-20)11-15(21)18-2/h3-5,10,12H,6-9,11H2,1-2H3,(H,18,21). The van der Waals surface area contributed by atoms with Crippen LogP contribution >= 0.6 is 11.6 Å². The zero-order valence-corrected chi connectivity index (χ0v) is 14.2. The van der Waals surface area contributed by atoms with Crippen molar-refractivity contribution >= 4 is 23.4 Å². The van der Waals surface area contributed by atoms with E-state index in [2.05, 4.69) is 5.32 Å². The van der Waals surface area contributed by atoms with Crippen LogP contribution in [0.15, 0.2) is 24.3 Å². The number of nitrogens with one attached hydrogen (secondary N) is 1. The molecule has 0 radical (unpaired) electrons. The van der Waals surface area contributed by atoms with E-state index in [1.807, 2.05) is 4.90 Å². The first-order chi connectivity index (χ1) is 11.0. The van der Waals surface area contributed by atoms with Crippen LogP contribution < -0.4 is 10.1 Å². The lowest BCUT2D eigenvalue weighted by Gasteiger charge is -2.35. The lowest BCUT2D eigenvalue weighted by molar-refractivity contribution is -0.139. The van der Waals surface area contributed by atoms with Crippen molar-refractivity contribution in [3.8, 4) is 5.75 Å². The highest BCUT2D eigenvalue weighted by atomic mass is 35.5. The van der Waals surface area contributed by atoms with Crippen LogP contribution in [0.5, 0.6) is 5.75 Å². The van der Waals surface area contributed by atoms with Gasteiger partial charge in [-0.15, -0.1) is 0 Å². The molecule has 2 amide bonds. The van der Waals surface area contributed by atoms with Gasteiger partial charge < -0.3 is 15.0 Å². The molecule has 1 saturated heterocycles. The first kappa shape index (κ1) is 17.6. The van der Waals surface area contributed by atoms with Gasteiger partial charge >= 0.3 is 0 Å². The maximum Gasteiger partial charge on any atom is 0.263 e. The van der Waals surface area contributed by atoms with E-state index in [9.17, 15) is 9.59 Å². The first-order valence-corrected chi connectivity index (χ1v) is 8.01. The summed E-state index contributed by atoms with van der Waals surface area (Å²) in [6.07, 6.45) is -0.570. The maximum absolute atomic E-state index is 12.4. The minimum atomic E-state index is -0.570. The number of hydrogen-bond donors (Lipinski definition) is 1. The van der Waals surface area contributed by atoms with Crippen LogP contribution in [0.4, 0.5) is 0 Å². The molecule has 6 nitrogen and oxygen atoms in total. The molecule has 0 bridgehead atoms. The topological polar surface area (TPSA) is 61.9 Å². The maximum atomic E-state index is 12.4. The number of rotatable bonds is 5. The van der Waals surface area contributed by atoms with Gasteiger partial charge in [0.15, 0.2) is 6.10 Å². The van der Waals surface area contributed by atoms with Crippen molar-refractivity contribution in [1.29, 1.82) is 0 Å². The lowest BCUT2D eigenvalue weighted by atomic mass is 10.2. The van der Waals surface area contributed by atoms with Crippen molar-refractivity contribution in [2.75, 3.05) is 39.8 Å². The summed E-state index contributed by atoms with van der Waals surface area (Å²) in [7, 11) is 1.62. The van der Waals surface area contributed by atoms with Crippen molar-refractivity contribution in [3.05, 3.63) is 29.3 Å². The number of benzene rings is 1. The molecule has 0 aliphatic carbocycles. The van der Waals surface area contributed by atoms with E-state index < -0.39 is 6.10 Å². The summed E-state index contributed by atoms with van der Waals surface area (Å²) in [6.45, 7) is 4.66. The molecule has 0 spiro atoms. The highest BCUT2D eigenvalue weighted by Crippen LogP contribution is 2.19. The zero-order valence-electron chi connectivity index (χ0n) is 13.4. The van der Waals surface area contributed by atoms with Gasteiger partial charge in [0.05, 0.1) is 6.54 Å². The quantitative estimate of drug-likeness (QED) is 0.869. The molecule has 1 N–H and O–H groups in total. The predicted molar refractivity (Wildman–Crippen MR) is 88.6 cm³/mol. The SMILES string of the molecule is CNC(=O)CN1CCN(C(=O)C(C)Oc2cccc(Cl)c2)CC1. The van der Waals surface area contributed by atoms with Crippen LogP contribution in [0.25, 0.3) is 0 Å². The van der Waals surface area contributed by atoms with Gasteiger partial charge in [-0.3, -0.25) is 14.5 Å². The summed E-state index contributed by atoms with van der Waals surface area (Å²) < 4.78 is 5.67. The van der Waals surface area contributed by atoms with Gasteiger partial charge in [0.1, 0.15) is 5.75 Å². The lowest BCUT2D eigenvalue weighted by Crippen LogP contribution is -2.53. The third kappa shape index (κ3) is 5.11. The molecule has 1 heterocycles. The van der Waals surface area contributed by atoms with E-state index in [0.717, 1.165) is 0 Å². The number of carbonyl (C=O) groups excluding carboxylic acids is 2. The molecular weight excluding hydrogens is 318 g/mol. The average Bonchev–Trinajstić information content (AvgIpc) is 2.54. The smallest absolute Gasteiger partial charge is 0.263 e. The normalized spacial score (nSPS) is 16.7. The largest absolute Gasteiger partial charge is 0.481 e. The molecule has 126 valence electrons. The molecule has 1 aromatic rings. The Hall–Kier alpha value is -1.79. The Balaban J connectivity index is 1.83. The number of halogens is 1. The Kier molecular flexibility index (Phi) is 6.24. The molecular formula is C16H22ClN3O3. The van der Waals surface area contributed by atoms with Crippen LogP contribution in [-0.4, -0.2) is 67.5 Å². The van der Waals surface area contributed by atoms with Gasteiger partial charge in [0.25, 0.3) is 5.91 Å². The molecule has 2 rings (SSSR count). The Bertz CT molecular complexity index is 559. The van der Waals surface area contributed by atoms with Gasteiger partial charge in [-0.2, -0.15) is 0 Å². The second-order valence-corrected chi connectivity index (χ2v) is 5.93. The first-order valence-electron chi connectivity index (χ1n) is 7.63. The summed E-state index contributed by atoms with van der Waals surface area (Å²) in [5.41, 5.74) is 0. The van der Waals surface area contributed by atoms with Gasteiger partial charge in [-0.05, 0) is 25.1 Å². The molecule has 23 heavy (non-hydrogen) atoms. The van der Waals surface area contributed by atoms with Gasteiger partial charge in [0, 0.05) is 38.2 Å². The van der Waals surface area contributed by atoms with E-state index in [1.165, 1.54) is 0 Å². The average molecular weight is 340 g/mol. The van der Waals surface area contributed by atoms with Crippen LogP contribution in [0.1, 0.15) is 6.92 Å². The van der Waals surface area contributed by atoms with Crippen molar-refractivity contribution in [1.82, 2.24) is 15.1 Å². The fraction of sp³-hybridized carbons (Fsp3) is 0.500. The molecule has 0 saturated carbocycles. The number of likely N-dealkylation sites (N-methyl/N-ethyl adjacent to an activating group) is 1. The monoisotopic (exact) mass is 339 g/mol. The van der Waals surface area contributed by atoms with Gasteiger partial charge in [-0.25, -0.2) is 0 Å². The molecule has 1 fully saturated rings. The number of ether oxygens (including phenoxy) is 1. The molecule has 7 heteroatoms. The molecule has 1 aliphatic heterocycles. The zero-order chi connectivity index (χ0) is 16.8. The number of hydrogen-bond acceptors (Lipinski definition) is 4. The third-order valence-corrected chi connectivity index (χ3v) is 4.02.